The molecule has 0 amide bonds. The second-order valence-corrected chi connectivity index (χ2v) is 9.13. The third kappa shape index (κ3) is 21.8. The van der Waals surface area contributed by atoms with Crippen molar-refractivity contribution in [1.82, 2.24) is 0 Å². The molecule has 0 spiro atoms. The van der Waals surface area contributed by atoms with Gasteiger partial charge in [-0.2, -0.15) is 0 Å². The highest BCUT2D eigenvalue weighted by molar-refractivity contribution is 4.81. The molecule has 0 radical (unpaired) electrons. The van der Waals surface area contributed by atoms with Crippen LogP contribution in [0.1, 0.15) is 143 Å². The van der Waals surface area contributed by atoms with Crippen molar-refractivity contribution in [2.75, 3.05) is 0 Å². The lowest BCUT2D eigenvalue weighted by atomic mass is 10.00. The first-order chi connectivity index (χ1) is 12.7. The van der Waals surface area contributed by atoms with Crippen LogP contribution in [0.2, 0.25) is 0 Å². The summed E-state index contributed by atoms with van der Waals surface area (Å²) in [6.07, 6.45) is 30.5. The molecule has 1 atom stereocenters. The van der Waals surface area contributed by atoms with Crippen molar-refractivity contribution in [3.63, 3.8) is 0 Å². The van der Waals surface area contributed by atoms with Crippen molar-refractivity contribution >= 4 is 0 Å². The average molecular weight is 365 g/mol. The Labute approximate surface area is 167 Å². The van der Waals surface area contributed by atoms with E-state index in [4.69, 9.17) is 0 Å². The van der Waals surface area contributed by atoms with E-state index in [1.807, 2.05) is 0 Å². The van der Waals surface area contributed by atoms with Crippen LogP contribution < -0.4 is 0 Å². The molecule has 0 aliphatic rings. The molecule has 0 bridgehead atoms. The van der Waals surface area contributed by atoms with E-state index in [1.165, 1.54) is 116 Å². The van der Waals surface area contributed by atoms with Crippen molar-refractivity contribution in [3.8, 4) is 0 Å². The van der Waals surface area contributed by atoms with Crippen LogP contribution in [-0.2, 0) is 0 Å². The predicted molar refractivity (Wildman–Crippen MR) is 122 cm³/mol. The molecule has 0 heteroatoms. The first kappa shape index (κ1) is 25.7. The van der Waals surface area contributed by atoms with Gasteiger partial charge in [-0.25, -0.2) is 0 Å². The molecule has 0 aromatic rings. The van der Waals surface area contributed by atoms with Crippen molar-refractivity contribution in [2.24, 2.45) is 11.8 Å². The zero-order chi connectivity index (χ0) is 19.3. The van der Waals surface area contributed by atoms with Gasteiger partial charge < -0.3 is 0 Å². The van der Waals surface area contributed by atoms with Crippen LogP contribution in [0.3, 0.4) is 0 Å². The Kier molecular flexibility index (Phi) is 20.8. The molecule has 0 fully saturated rings. The molecular formula is C26H52. The number of rotatable bonds is 20. The lowest BCUT2D eigenvalue weighted by Gasteiger charge is -2.07. The zero-order valence-electron chi connectivity index (χ0n) is 19.0. The Balaban J connectivity index is 3.11. The molecule has 0 nitrogen and oxygen atoms in total. The topological polar surface area (TPSA) is 0 Å². The molecular weight excluding hydrogens is 312 g/mol. The summed E-state index contributed by atoms with van der Waals surface area (Å²) in [6, 6.07) is 0. The highest BCUT2D eigenvalue weighted by Crippen LogP contribution is 2.15. The average Bonchev–Trinajstić information content (AvgIpc) is 2.63. The van der Waals surface area contributed by atoms with E-state index < -0.39 is 0 Å². The van der Waals surface area contributed by atoms with Crippen LogP contribution in [-0.4, -0.2) is 0 Å². The molecule has 156 valence electrons. The number of hydrogen-bond donors (Lipinski definition) is 0. The summed E-state index contributed by atoms with van der Waals surface area (Å²) in [5.41, 5.74) is 0. The summed E-state index contributed by atoms with van der Waals surface area (Å²) in [5, 5.41) is 0. The molecule has 0 saturated carbocycles. The Morgan fingerprint density at radius 2 is 0.885 bits per heavy atom. The maximum atomic E-state index is 2.44. The number of allylic oxidation sites excluding steroid dienone is 2. The highest BCUT2D eigenvalue weighted by atomic mass is 14.0. The monoisotopic (exact) mass is 364 g/mol. The molecule has 0 aromatic carbocycles. The molecule has 1 unspecified atom stereocenters. The van der Waals surface area contributed by atoms with Crippen molar-refractivity contribution in [3.05, 3.63) is 12.2 Å². The fraction of sp³-hybridized carbons (Fsp3) is 0.923. The second-order valence-electron chi connectivity index (χ2n) is 9.13. The van der Waals surface area contributed by atoms with Gasteiger partial charge >= 0.3 is 0 Å². The maximum absolute atomic E-state index is 2.44. The van der Waals surface area contributed by atoms with Crippen LogP contribution in [0.25, 0.3) is 0 Å². The molecule has 0 aliphatic carbocycles. The van der Waals surface area contributed by atoms with E-state index in [9.17, 15) is 0 Å². The molecule has 0 aliphatic heterocycles. The highest BCUT2D eigenvalue weighted by Gasteiger charge is 1.98. The number of hydrogen-bond acceptors (Lipinski definition) is 0. The maximum Gasteiger partial charge on any atom is -0.0351 e. The summed E-state index contributed by atoms with van der Waals surface area (Å²) in [7, 11) is 0. The third-order valence-electron chi connectivity index (χ3n) is 5.83. The van der Waals surface area contributed by atoms with Crippen LogP contribution in [0.15, 0.2) is 12.2 Å². The summed E-state index contributed by atoms with van der Waals surface area (Å²) in [6.45, 7) is 9.38. The van der Waals surface area contributed by atoms with E-state index in [2.05, 4.69) is 39.8 Å². The van der Waals surface area contributed by atoms with Gasteiger partial charge in [0.1, 0.15) is 0 Å². The van der Waals surface area contributed by atoms with Crippen LogP contribution in [0, 0.1) is 11.8 Å². The van der Waals surface area contributed by atoms with E-state index >= 15 is 0 Å². The molecule has 0 rings (SSSR count). The Morgan fingerprint density at radius 1 is 0.500 bits per heavy atom. The smallest absolute Gasteiger partial charge is 0.0351 e. The second kappa shape index (κ2) is 21.0. The normalized spacial score (nSPS) is 13.1. The van der Waals surface area contributed by atoms with Gasteiger partial charge in [-0.1, -0.05) is 130 Å². The molecule has 0 N–H and O–H groups in total. The van der Waals surface area contributed by atoms with E-state index in [-0.39, 0.29) is 0 Å². The molecule has 26 heavy (non-hydrogen) atoms. The summed E-state index contributed by atoms with van der Waals surface area (Å²) in [5.74, 6) is 1.83. The van der Waals surface area contributed by atoms with Gasteiger partial charge in [0, 0.05) is 0 Å². The predicted octanol–water partition coefficient (Wildman–Crippen LogP) is 9.88. The van der Waals surface area contributed by atoms with Gasteiger partial charge in [0.2, 0.25) is 0 Å². The van der Waals surface area contributed by atoms with E-state index in [0.29, 0.717) is 0 Å². The van der Waals surface area contributed by atoms with Gasteiger partial charge in [0.15, 0.2) is 0 Å². The summed E-state index contributed by atoms with van der Waals surface area (Å²) < 4.78 is 0. The van der Waals surface area contributed by atoms with Crippen LogP contribution in [0.5, 0.6) is 0 Å². The number of unbranched alkanes of at least 4 members (excludes halogenated alkanes) is 13. The van der Waals surface area contributed by atoms with Crippen LogP contribution >= 0.6 is 0 Å². The Hall–Kier alpha value is -0.260. The first-order valence-electron chi connectivity index (χ1n) is 12.3. The SMILES string of the molecule is CCC(C)CCCCCCCC/C=C\CCCCCCCCCC(C)C. The van der Waals surface area contributed by atoms with Gasteiger partial charge in [-0.05, 0) is 37.5 Å². The molecule has 0 aromatic heterocycles. The van der Waals surface area contributed by atoms with Crippen molar-refractivity contribution < 1.29 is 0 Å². The third-order valence-corrected chi connectivity index (χ3v) is 5.83. The van der Waals surface area contributed by atoms with Gasteiger partial charge in [-0.3, -0.25) is 0 Å². The summed E-state index contributed by atoms with van der Waals surface area (Å²) in [4.78, 5) is 0. The lowest BCUT2D eigenvalue weighted by molar-refractivity contribution is 0.471. The quantitative estimate of drug-likeness (QED) is 0.149. The molecule has 0 heterocycles. The van der Waals surface area contributed by atoms with Crippen LogP contribution in [0.4, 0.5) is 0 Å². The molecule has 0 saturated heterocycles. The van der Waals surface area contributed by atoms with E-state index in [1.54, 1.807) is 0 Å². The first-order valence-corrected chi connectivity index (χ1v) is 12.3. The fourth-order valence-corrected chi connectivity index (χ4v) is 3.60. The minimum atomic E-state index is 0.890. The van der Waals surface area contributed by atoms with Gasteiger partial charge in [0.25, 0.3) is 0 Å². The largest absolute Gasteiger partial charge is 0.0885 e. The van der Waals surface area contributed by atoms with Gasteiger partial charge in [-0.15, -0.1) is 0 Å². The summed E-state index contributed by atoms with van der Waals surface area (Å²) >= 11 is 0. The minimum Gasteiger partial charge on any atom is -0.0885 e. The standard InChI is InChI=1S/C26H52/c1-5-26(4)24-22-20-18-16-14-12-10-8-6-7-9-11-13-15-17-19-21-23-25(2)3/h6,8,25-26H,5,7,9-24H2,1-4H3/b8-6-. The van der Waals surface area contributed by atoms with Crippen molar-refractivity contribution in [2.45, 2.75) is 143 Å². The fourth-order valence-electron chi connectivity index (χ4n) is 3.60. The Morgan fingerprint density at radius 3 is 1.31 bits per heavy atom. The van der Waals surface area contributed by atoms with Crippen molar-refractivity contribution in [1.29, 1.82) is 0 Å². The lowest BCUT2D eigenvalue weighted by Crippen LogP contribution is -1.91. The minimum absolute atomic E-state index is 0.890. The van der Waals surface area contributed by atoms with Gasteiger partial charge in [0.05, 0.1) is 0 Å². The van der Waals surface area contributed by atoms with E-state index in [0.717, 1.165) is 11.8 Å². The zero-order valence-corrected chi connectivity index (χ0v) is 19.0. The Bertz CT molecular complexity index is 276.